The maximum Gasteiger partial charge on any atom is 0.250 e. The highest BCUT2D eigenvalue weighted by molar-refractivity contribution is 9.10. The quantitative estimate of drug-likeness (QED) is 0.344. The number of amides is 1. The molecule has 0 aliphatic carbocycles. The molecule has 27 heavy (non-hydrogen) atoms. The minimum Gasteiger partial charge on any atom is -0.496 e. The minimum absolute atomic E-state index is 0.196. The van der Waals surface area contributed by atoms with E-state index in [0.29, 0.717) is 5.75 Å². The molecule has 0 unspecified atom stereocenters. The number of aromatic nitrogens is 1. The number of aryl methyl sites for hydroxylation is 1. The average Bonchev–Trinajstić information content (AvgIpc) is 2.67. The number of thioether (sulfide) groups is 1. The van der Waals surface area contributed by atoms with Gasteiger partial charge in [-0.2, -0.15) is 5.10 Å². The first-order valence-corrected chi connectivity index (χ1v) is 9.99. The van der Waals surface area contributed by atoms with Gasteiger partial charge in [0, 0.05) is 15.4 Å². The van der Waals surface area contributed by atoms with Gasteiger partial charge in [0.05, 0.1) is 29.6 Å². The molecule has 0 aliphatic rings. The summed E-state index contributed by atoms with van der Waals surface area (Å²) in [4.78, 5) is 16.7. The fourth-order valence-electron chi connectivity index (χ4n) is 2.54. The van der Waals surface area contributed by atoms with Crippen LogP contribution in [0.4, 0.5) is 0 Å². The van der Waals surface area contributed by atoms with Crippen molar-refractivity contribution in [1.29, 1.82) is 0 Å². The summed E-state index contributed by atoms with van der Waals surface area (Å²) in [5, 5.41) is 5.95. The maximum absolute atomic E-state index is 12.1. The third-order valence-electron chi connectivity index (χ3n) is 3.84. The summed E-state index contributed by atoms with van der Waals surface area (Å²) in [7, 11) is 1.59. The molecule has 1 N–H and O–H groups in total. The molecule has 5 nitrogen and oxygen atoms in total. The highest BCUT2D eigenvalue weighted by Gasteiger charge is 2.06. The van der Waals surface area contributed by atoms with Gasteiger partial charge in [0.25, 0.3) is 0 Å². The Morgan fingerprint density at radius 2 is 2.11 bits per heavy atom. The second-order valence-corrected chi connectivity index (χ2v) is 7.67. The van der Waals surface area contributed by atoms with Crippen LogP contribution in [0.15, 0.2) is 63.1 Å². The molecule has 0 bridgehead atoms. The van der Waals surface area contributed by atoms with Gasteiger partial charge in [-0.15, -0.1) is 0 Å². The molecule has 0 spiro atoms. The Hall–Kier alpha value is -2.38. The van der Waals surface area contributed by atoms with Gasteiger partial charge in [-0.1, -0.05) is 45.9 Å². The monoisotopic (exact) mass is 443 g/mol. The summed E-state index contributed by atoms with van der Waals surface area (Å²) >= 11 is 4.79. The summed E-state index contributed by atoms with van der Waals surface area (Å²) in [6.45, 7) is 2.05. The molecule has 0 aliphatic heterocycles. The van der Waals surface area contributed by atoms with Crippen LogP contribution in [-0.2, 0) is 4.79 Å². The standard InChI is InChI=1S/C20H18BrN3O2S/c1-13-9-20(23-17-6-4-3-5-16(13)17)27-12-19(25)24-22-11-14-10-15(21)7-8-18(14)26-2/h3-11H,12H2,1-2H3,(H,24,25)/b22-11+. The molecule has 0 radical (unpaired) electrons. The van der Waals surface area contributed by atoms with E-state index < -0.39 is 0 Å². The van der Waals surface area contributed by atoms with Crippen molar-refractivity contribution in [2.75, 3.05) is 12.9 Å². The normalized spacial score (nSPS) is 11.1. The molecular weight excluding hydrogens is 426 g/mol. The first-order valence-electron chi connectivity index (χ1n) is 8.21. The number of rotatable bonds is 6. The topological polar surface area (TPSA) is 63.6 Å². The van der Waals surface area contributed by atoms with Gasteiger partial charge < -0.3 is 4.74 Å². The van der Waals surface area contributed by atoms with Gasteiger partial charge >= 0.3 is 0 Å². The van der Waals surface area contributed by atoms with E-state index in [1.807, 2.05) is 55.5 Å². The number of pyridine rings is 1. The number of hydrazone groups is 1. The van der Waals surface area contributed by atoms with Crippen molar-refractivity contribution in [3.8, 4) is 5.75 Å². The summed E-state index contributed by atoms with van der Waals surface area (Å²) < 4.78 is 6.18. The SMILES string of the molecule is COc1ccc(Br)cc1/C=N/NC(=O)CSc1cc(C)c2ccccc2n1. The summed E-state index contributed by atoms with van der Waals surface area (Å²) in [5.74, 6) is 0.719. The number of nitrogens with one attached hydrogen (secondary N) is 1. The van der Waals surface area contributed by atoms with Crippen LogP contribution >= 0.6 is 27.7 Å². The smallest absolute Gasteiger partial charge is 0.250 e. The van der Waals surface area contributed by atoms with Crippen molar-refractivity contribution in [1.82, 2.24) is 10.4 Å². The van der Waals surface area contributed by atoms with E-state index >= 15 is 0 Å². The van der Waals surface area contributed by atoms with Gasteiger partial charge in [0.1, 0.15) is 5.75 Å². The number of nitrogens with zero attached hydrogens (tertiary/aromatic N) is 2. The lowest BCUT2D eigenvalue weighted by Crippen LogP contribution is -2.19. The Kier molecular flexibility index (Phi) is 6.47. The number of benzene rings is 2. The Bertz CT molecular complexity index is 1010. The third-order valence-corrected chi connectivity index (χ3v) is 5.24. The fourth-order valence-corrected chi connectivity index (χ4v) is 3.69. The first-order chi connectivity index (χ1) is 13.1. The first kappa shape index (κ1) is 19.4. The molecule has 3 aromatic rings. The number of para-hydroxylation sites is 1. The van der Waals surface area contributed by atoms with E-state index in [2.05, 4.69) is 31.4 Å². The van der Waals surface area contributed by atoms with Crippen molar-refractivity contribution in [2.45, 2.75) is 11.9 Å². The Labute approximate surface area is 170 Å². The molecular formula is C20H18BrN3O2S. The van der Waals surface area contributed by atoms with Crippen LogP contribution in [0.2, 0.25) is 0 Å². The number of fused-ring (bicyclic) bond motifs is 1. The molecule has 1 heterocycles. The van der Waals surface area contributed by atoms with Crippen molar-refractivity contribution in [2.24, 2.45) is 5.10 Å². The Morgan fingerprint density at radius 1 is 1.30 bits per heavy atom. The number of ether oxygens (including phenoxy) is 1. The number of hydrogen-bond acceptors (Lipinski definition) is 5. The number of halogens is 1. The molecule has 0 fully saturated rings. The van der Waals surface area contributed by atoms with E-state index in [4.69, 9.17) is 4.74 Å². The highest BCUT2D eigenvalue weighted by atomic mass is 79.9. The van der Waals surface area contributed by atoms with Gasteiger partial charge in [0.15, 0.2) is 0 Å². The Morgan fingerprint density at radius 3 is 2.93 bits per heavy atom. The Balaban J connectivity index is 1.60. The second-order valence-electron chi connectivity index (χ2n) is 5.76. The number of hydrogen-bond donors (Lipinski definition) is 1. The van der Waals surface area contributed by atoms with Crippen molar-refractivity contribution >= 4 is 50.7 Å². The number of carbonyl (C=O) groups excluding carboxylic acids is 1. The van der Waals surface area contributed by atoms with Crippen LogP contribution in [0.25, 0.3) is 10.9 Å². The molecule has 1 amide bonds. The zero-order chi connectivity index (χ0) is 19.2. The van der Waals surface area contributed by atoms with E-state index in [0.717, 1.165) is 31.5 Å². The largest absolute Gasteiger partial charge is 0.496 e. The van der Waals surface area contributed by atoms with E-state index in [1.165, 1.54) is 11.8 Å². The van der Waals surface area contributed by atoms with Crippen LogP contribution in [-0.4, -0.2) is 30.0 Å². The summed E-state index contributed by atoms with van der Waals surface area (Å²) in [6, 6.07) is 15.5. The lowest BCUT2D eigenvalue weighted by atomic mass is 10.1. The van der Waals surface area contributed by atoms with Crippen LogP contribution in [0.1, 0.15) is 11.1 Å². The summed E-state index contributed by atoms with van der Waals surface area (Å²) in [6.07, 6.45) is 1.56. The molecule has 0 atom stereocenters. The second kappa shape index (κ2) is 9.01. The molecule has 138 valence electrons. The van der Waals surface area contributed by atoms with E-state index in [-0.39, 0.29) is 11.7 Å². The third kappa shape index (κ3) is 5.08. The zero-order valence-electron chi connectivity index (χ0n) is 14.9. The highest BCUT2D eigenvalue weighted by Crippen LogP contribution is 2.23. The lowest BCUT2D eigenvalue weighted by molar-refractivity contribution is -0.118. The van der Waals surface area contributed by atoms with Gasteiger partial charge in [0.2, 0.25) is 5.91 Å². The molecule has 1 aromatic heterocycles. The molecule has 0 saturated carbocycles. The van der Waals surface area contributed by atoms with Crippen LogP contribution in [0.3, 0.4) is 0 Å². The van der Waals surface area contributed by atoms with Gasteiger partial charge in [-0.25, -0.2) is 10.4 Å². The van der Waals surface area contributed by atoms with Crippen molar-refractivity contribution in [3.05, 3.63) is 64.1 Å². The number of methoxy groups -OCH3 is 1. The van der Waals surface area contributed by atoms with Crippen LogP contribution < -0.4 is 10.2 Å². The van der Waals surface area contributed by atoms with Crippen molar-refractivity contribution in [3.63, 3.8) is 0 Å². The molecule has 0 saturated heterocycles. The predicted molar refractivity (Wildman–Crippen MR) is 114 cm³/mol. The zero-order valence-corrected chi connectivity index (χ0v) is 17.3. The minimum atomic E-state index is -0.196. The molecule has 7 heteroatoms. The fraction of sp³-hybridized carbons (Fsp3) is 0.150. The van der Waals surface area contributed by atoms with E-state index in [1.54, 1.807) is 13.3 Å². The lowest BCUT2D eigenvalue weighted by Gasteiger charge is -2.06. The van der Waals surface area contributed by atoms with Crippen molar-refractivity contribution < 1.29 is 9.53 Å². The van der Waals surface area contributed by atoms with Gasteiger partial charge in [-0.05, 0) is 42.8 Å². The van der Waals surface area contributed by atoms with Crippen LogP contribution in [0.5, 0.6) is 5.75 Å². The molecule has 3 rings (SSSR count). The number of carbonyl (C=O) groups is 1. The average molecular weight is 444 g/mol. The van der Waals surface area contributed by atoms with Gasteiger partial charge in [-0.3, -0.25) is 4.79 Å². The predicted octanol–water partition coefficient (Wildman–Crippen LogP) is 4.56. The maximum atomic E-state index is 12.1. The van der Waals surface area contributed by atoms with E-state index in [9.17, 15) is 4.79 Å². The molecule has 2 aromatic carbocycles. The van der Waals surface area contributed by atoms with Crippen LogP contribution in [0, 0.1) is 6.92 Å². The summed E-state index contributed by atoms with van der Waals surface area (Å²) in [5.41, 5.74) is 5.38.